The molecule has 4 rings (SSSR count). The predicted molar refractivity (Wildman–Crippen MR) is 114 cm³/mol. The fourth-order valence-electron chi connectivity index (χ4n) is 3.82. The summed E-state index contributed by atoms with van der Waals surface area (Å²) in [6.07, 6.45) is 1.54. The lowest BCUT2D eigenvalue weighted by atomic mass is 9.91. The number of hydrogen-bond donors (Lipinski definition) is 3. The molecule has 0 radical (unpaired) electrons. The van der Waals surface area contributed by atoms with Crippen LogP contribution in [0.25, 0.3) is 0 Å². The van der Waals surface area contributed by atoms with E-state index in [0.717, 1.165) is 35.2 Å². The molecule has 2 aromatic carbocycles. The van der Waals surface area contributed by atoms with Crippen LogP contribution in [0, 0.1) is 0 Å². The van der Waals surface area contributed by atoms with Crippen molar-refractivity contribution in [2.75, 3.05) is 18.4 Å². The van der Waals surface area contributed by atoms with Gasteiger partial charge in [-0.15, -0.1) is 0 Å². The molecule has 1 aliphatic carbocycles. The van der Waals surface area contributed by atoms with Crippen LogP contribution in [0.5, 0.6) is 0 Å². The molecule has 1 aliphatic heterocycles. The minimum Gasteiger partial charge on any atom is -0.357 e. The van der Waals surface area contributed by atoms with Crippen LogP contribution in [0.2, 0.25) is 5.02 Å². The first-order chi connectivity index (χ1) is 13.6. The fraction of sp³-hybridized carbons (Fsp3) is 0.364. The Morgan fingerprint density at radius 2 is 2.11 bits per heavy atom. The van der Waals surface area contributed by atoms with E-state index in [9.17, 15) is 4.79 Å². The highest BCUT2D eigenvalue weighted by Crippen LogP contribution is 2.41. The van der Waals surface area contributed by atoms with Crippen LogP contribution in [0.3, 0.4) is 0 Å². The zero-order valence-corrected chi connectivity index (χ0v) is 16.7. The van der Waals surface area contributed by atoms with E-state index < -0.39 is 0 Å². The number of amides is 1. The summed E-state index contributed by atoms with van der Waals surface area (Å²) >= 11 is 6.12. The number of carbonyl (C=O) groups is 1. The Morgan fingerprint density at radius 1 is 1.25 bits per heavy atom. The second kappa shape index (κ2) is 8.23. The summed E-state index contributed by atoms with van der Waals surface area (Å²) in [7, 11) is 0. The maximum Gasteiger partial charge on any atom is 0.225 e. The molecule has 28 heavy (non-hydrogen) atoms. The highest BCUT2D eigenvalue weighted by molar-refractivity contribution is 6.30. The Labute approximate surface area is 170 Å². The number of rotatable bonds is 5. The van der Waals surface area contributed by atoms with Gasteiger partial charge >= 0.3 is 0 Å². The third kappa shape index (κ3) is 4.30. The van der Waals surface area contributed by atoms with E-state index in [1.54, 1.807) is 0 Å². The van der Waals surface area contributed by atoms with E-state index in [1.165, 1.54) is 5.56 Å². The molecule has 0 spiro atoms. The quantitative estimate of drug-likeness (QED) is 0.530. The molecule has 3 unspecified atom stereocenters. The molecule has 2 aliphatic rings. The van der Waals surface area contributed by atoms with Gasteiger partial charge in [0.2, 0.25) is 5.91 Å². The lowest BCUT2D eigenvalue weighted by molar-refractivity contribution is -0.116. The molecule has 5 nitrogen and oxygen atoms in total. The summed E-state index contributed by atoms with van der Waals surface area (Å²) in [5, 5.41) is 10.6. The number of nitrogens with zero attached hydrogens (tertiary/aromatic N) is 1. The highest BCUT2D eigenvalue weighted by Gasteiger charge is 2.39. The maximum atomic E-state index is 12.0. The summed E-state index contributed by atoms with van der Waals surface area (Å²) in [4.78, 5) is 16.8. The molecule has 6 heteroatoms. The van der Waals surface area contributed by atoms with E-state index in [2.05, 4.69) is 35.0 Å². The first-order valence-corrected chi connectivity index (χ1v) is 10.2. The smallest absolute Gasteiger partial charge is 0.225 e. The highest BCUT2D eigenvalue weighted by atomic mass is 35.5. The number of nitrogens with one attached hydrogen (secondary N) is 3. The summed E-state index contributed by atoms with van der Waals surface area (Å²) in [6.45, 7) is 3.43. The fourth-order valence-corrected chi connectivity index (χ4v) is 4.02. The molecule has 3 N–H and O–H groups in total. The van der Waals surface area contributed by atoms with Crippen LogP contribution in [0.1, 0.15) is 42.7 Å². The van der Waals surface area contributed by atoms with Crippen LogP contribution >= 0.6 is 11.6 Å². The van der Waals surface area contributed by atoms with Crippen molar-refractivity contribution in [3.8, 4) is 0 Å². The number of aliphatic imine (C=N–C) groups is 1. The normalized spacial score (nSPS) is 23.6. The summed E-state index contributed by atoms with van der Waals surface area (Å²) in [5.41, 5.74) is 3.32. The molecule has 3 atom stereocenters. The van der Waals surface area contributed by atoms with Crippen molar-refractivity contribution < 1.29 is 4.79 Å². The first-order valence-electron chi connectivity index (χ1n) is 9.83. The van der Waals surface area contributed by atoms with Gasteiger partial charge in [0.25, 0.3) is 0 Å². The average molecular weight is 397 g/mol. The maximum absolute atomic E-state index is 12.0. The van der Waals surface area contributed by atoms with E-state index in [-0.39, 0.29) is 11.8 Å². The average Bonchev–Trinajstić information content (AvgIpc) is 3.45. The number of hydrogen-bond acceptors (Lipinski definition) is 2. The van der Waals surface area contributed by atoms with Gasteiger partial charge in [0.05, 0.1) is 6.54 Å². The lowest BCUT2D eigenvalue weighted by Crippen LogP contribution is -2.39. The Morgan fingerprint density at radius 3 is 2.93 bits per heavy atom. The van der Waals surface area contributed by atoms with Gasteiger partial charge in [-0.1, -0.05) is 41.9 Å². The van der Waals surface area contributed by atoms with Gasteiger partial charge in [0.15, 0.2) is 5.96 Å². The van der Waals surface area contributed by atoms with Crippen LogP contribution in [0.15, 0.2) is 53.5 Å². The molecule has 0 aromatic heterocycles. The van der Waals surface area contributed by atoms with Gasteiger partial charge < -0.3 is 16.0 Å². The van der Waals surface area contributed by atoms with Crippen molar-refractivity contribution in [1.82, 2.24) is 10.6 Å². The minimum atomic E-state index is 0.0556. The Hall–Kier alpha value is -2.53. The van der Waals surface area contributed by atoms with Crippen LogP contribution in [-0.4, -0.2) is 31.0 Å². The SMILES string of the molecule is CCNC(=NCC1CC(=O)Nc2ccccc21)NC1CC1c1cccc(Cl)c1. The monoisotopic (exact) mass is 396 g/mol. The number of anilines is 1. The summed E-state index contributed by atoms with van der Waals surface area (Å²) in [5.74, 6) is 1.42. The number of fused-ring (bicyclic) bond motifs is 1. The molecular weight excluding hydrogens is 372 g/mol. The summed E-state index contributed by atoms with van der Waals surface area (Å²) < 4.78 is 0. The Bertz CT molecular complexity index is 898. The standard InChI is InChI=1S/C22H25ClN4O/c1-2-24-22(27-20-12-18(20)14-6-5-7-16(23)10-14)25-13-15-11-21(28)26-19-9-4-3-8-17(15)19/h3-10,15,18,20H,2,11-13H2,1H3,(H,26,28)(H2,24,25,27). The third-order valence-electron chi connectivity index (χ3n) is 5.31. The number of carbonyl (C=O) groups excluding carboxylic acids is 1. The lowest BCUT2D eigenvalue weighted by Gasteiger charge is -2.24. The van der Waals surface area contributed by atoms with Crippen LogP contribution in [-0.2, 0) is 4.79 Å². The van der Waals surface area contributed by atoms with Crippen molar-refractivity contribution in [2.24, 2.45) is 4.99 Å². The predicted octanol–water partition coefficient (Wildman–Crippen LogP) is 3.88. The van der Waals surface area contributed by atoms with E-state index in [4.69, 9.17) is 16.6 Å². The van der Waals surface area contributed by atoms with Crippen molar-refractivity contribution in [3.05, 3.63) is 64.7 Å². The molecule has 146 valence electrons. The Balaban J connectivity index is 1.43. The minimum absolute atomic E-state index is 0.0556. The Kier molecular flexibility index (Phi) is 5.53. The first kappa shape index (κ1) is 18.8. The van der Waals surface area contributed by atoms with Crippen molar-refractivity contribution in [2.45, 2.75) is 37.6 Å². The van der Waals surface area contributed by atoms with Crippen molar-refractivity contribution >= 4 is 29.2 Å². The van der Waals surface area contributed by atoms with Crippen LogP contribution in [0.4, 0.5) is 5.69 Å². The van der Waals surface area contributed by atoms with E-state index in [0.29, 0.717) is 24.9 Å². The zero-order chi connectivity index (χ0) is 19.5. The van der Waals surface area contributed by atoms with Gasteiger partial charge in [-0.25, -0.2) is 0 Å². The molecular formula is C22H25ClN4O. The molecule has 1 saturated carbocycles. The number of guanidine groups is 1. The largest absolute Gasteiger partial charge is 0.357 e. The molecule has 0 bridgehead atoms. The zero-order valence-electron chi connectivity index (χ0n) is 15.9. The molecule has 1 heterocycles. The van der Waals surface area contributed by atoms with Crippen molar-refractivity contribution in [1.29, 1.82) is 0 Å². The molecule has 1 fully saturated rings. The topological polar surface area (TPSA) is 65.5 Å². The molecule has 1 amide bonds. The number of halogens is 1. The van der Waals surface area contributed by atoms with Crippen LogP contribution < -0.4 is 16.0 Å². The van der Waals surface area contributed by atoms with E-state index >= 15 is 0 Å². The second-order valence-electron chi connectivity index (χ2n) is 7.40. The van der Waals surface area contributed by atoms with Gasteiger partial charge in [-0.2, -0.15) is 0 Å². The number of para-hydroxylation sites is 1. The number of benzene rings is 2. The molecule has 0 saturated heterocycles. The van der Waals surface area contributed by atoms with Gasteiger partial charge in [-0.3, -0.25) is 9.79 Å². The summed E-state index contributed by atoms with van der Waals surface area (Å²) in [6, 6.07) is 16.4. The third-order valence-corrected chi connectivity index (χ3v) is 5.54. The van der Waals surface area contributed by atoms with Crippen molar-refractivity contribution in [3.63, 3.8) is 0 Å². The van der Waals surface area contributed by atoms with Gasteiger partial charge in [-0.05, 0) is 42.7 Å². The second-order valence-corrected chi connectivity index (χ2v) is 7.84. The van der Waals surface area contributed by atoms with Gasteiger partial charge in [0.1, 0.15) is 0 Å². The van der Waals surface area contributed by atoms with Gasteiger partial charge in [0, 0.05) is 41.6 Å². The van der Waals surface area contributed by atoms with E-state index in [1.807, 2.05) is 36.4 Å². The molecule has 2 aromatic rings.